The van der Waals surface area contributed by atoms with Gasteiger partial charge in [-0.2, -0.15) is 11.3 Å². The summed E-state index contributed by atoms with van der Waals surface area (Å²) in [6.07, 6.45) is 0.638. The maximum atomic E-state index is 13.6. The van der Waals surface area contributed by atoms with Crippen molar-refractivity contribution in [2.24, 2.45) is 0 Å². The van der Waals surface area contributed by atoms with Gasteiger partial charge in [0.2, 0.25) is 0 Å². The van der Waals surface area contributed by atoms with E-state index in [4.69, 9.17) is 23.2 Å². The second-order valence-corrected chi connectivity index (χ2v) is 6.42. The van der Waals surface area contributed by atoms with Gasteiger partial charge in [0.05, 0.1) is 22.6 Å². The summed E-state index contributed by atoms with van der Waals surface area (Å²) in [6.45, 7) is 2.78. The molecular formula is C15H13Cl2FN2S. The fraction of sp³-hybridized carbons (Fsp3) is 0.267. The van der Waals surface area contributed by atoms with E-state index in [9.17, 15) is 4.39 Å². The SMILES string of the molecule is Cc1cscc1Cn1c(CCCl)nc2cc(F)c(Cl)cc21. The van der Waals surface area contributed by atoms with Crippen molar-refractivity contribution in [1.29, 1.82) is 0 Å². The van der Waals surface area contributed by atoms with Crippen LogP contribution in [0.5, 0.6) is 0 Å². The van der Waals surface area contributed by atoms with Crippen molar-refractivity contribution < 1.29 is 4.39 Å². The van der Waals surface area contributed by atoms with Gasteiger partial charge in [-0.05, 0) is 34.9 Å². The van der Waals surface area contributed by atoms with Crippen molar-refractivity contribution in [3.05, 3.63) is 50.7 Å². The third-order valence-corrected chi connectivity index (χ3v) is 4.87. The quantitative estimate of drug-likeness (QED) is 0.608. The maximum Gasteiger partial charge on any atom is 0.144 e. The number of thiophene rings is 1. The molecule has 110 valence electrons. The number of aryl methyl sites for hydroxylation is 2. The number of hydrogen-bond acceptors (Lipinski definition) is 2. The first-order valence-corrected chi connectivity index (χ1v) is 8.37. The van der Waals surface area contributed by atoms with Crippen LogP contribution in [0.2, 0.25) is 5.02 Å². The Morgan fingerprint density at radius 2 is 2.14 bits per heavy atom. The number of rotatable bonds is 4. The zero-order valence-corrected chi connectivity index (χ0v) is 13.7. The van der Waals surface area contributed by atoms with Crippen LogP contribution in [0.1, 0.15) is 17.0 Å². The molecule has 0 saturated heterocycles. The van der Waals surface area contributed by atoms with Crippen molar-refractivity contribution in [1.82, 2.24) is 9.55 Å². The molecular weight excluding hydrogens is 330 g/mol. The molecule has 0 fully saturated rings. The van der Waals surface area contributed by atoms with Crippen LogP contribution in [0.4, 0.5) is 4.39 Å². The molecule has 6 heteroatoms. The molecule has 2 nitrogen and oxygen atoms in total. The molecule has 0 amide bonds. The van der Waals surface area contributed by atoms with Crippen LogP contribution in [0.15, 0.2) is 22.9 Å². The maximum absolute atomic E-state index is 13.6. The lowest BCUT2D eigenvalue weighted by Crippen LogP contribution is -2.06. The molecule has 0 unspecified atom stereocenters. The van der Waals surface area contributed by atoms with Crippen molar-refractivity contribution in [2.45, 2.75) is 19.9 Å². The van der Waals surface area contributed by atoms with Gasteiger partial charge in [0.25, 0.3) is 0 Å². The largest absolute Gasteiger partial charge is 0.323 e. The molecule has 3 rings (SSSR count). The van der Waals surface area contributed by atoms with Gasteiger partial charge in [-0.25, -0.2) is 9.37 Å². The predicted molar refractivity (Wildman–Crippen MR) is 87.3 cm³/mol. The highest BCUT2D eigenvalue weighted by molar-refractivity contribution is 7.08. The Morgan fingerprint density at radius 1 is 1.33 bits per heavy atom. The highest BCUT2D eigenvalue weighted by Crippen LogP contribution is 2.26. The van der Waals surface area contributed by atoms with Gasteiger partial charge in [-0.15, -0.1) is 11.6 Å². The van der Waals surface area contributed by atoms with Gasteiger partial charge in [-0.1, -0.05) is 11.6 Å². The summed E-state index contributed by atoms with van der Waals surface area (Å²) in [7, 11) is 0. The zero-order chi connectivity index (χ0) is 15.0. The first-order valence-electron chi connectivity index (χ1n) is 6.52. The lowest BCUT2D eigenvalue weighted by Gasteiger charge is -2.08. The minimum Gasteiger partial charge on any atom is -0.323 e. The first kappa shape index (κ1) is 14.8. The van der Waals surface area contributed by atoms with Crippen LogP contribution < -0.4 is 0 Å². The molecule has 0 aliphatic heterocycles. The third kappa shape index (κ3) is 2.80. The summed E-state index contributed by atoms with van der Waals surface area (Å²) in [5.74, 6) is 0.882. The average Bonchev–Trinajstić information content (AvgIpc) is 2.98. The van der Waals surface area contributed by atoms with Crippen LogP contribution >= 0.6 is 34.5 Å². The van der Waals surface area contributed by atoms with Gasteiger partial charge in [-0.3, -0.25) is 0 Å². The Bertz CT molecular complexity index is 794. The number of halogens is 3. The molecule has 0 bridgehead atoms. The molecule has 0 saturated carbocycles. The Kier molecular flexibility index (Phi) is 4.20. The van der Waals surface area contributed by atoms with Gasteiger partial charge in [0.15, 0.2) is 0 Å². The van der Waals surface area contributed by atoms with E-state index in [1.165, 1.54) is 17.2 Å². The van der Waals surface area contributed by atoms with Gasteiger partial charge >= 0.3 is 0 Å². The molecule has 3 aromatic rings. The molecule has 0 spiro atoms. The first-order chi connectivity index (χ1) is 10.1. The van der Waals surface area contributed by atoms with Crippen molar-refractivity contribution in [2.75, 3.05) is 5.88 Å². The lowest BCUT2D eigenvalue weighted by atomic mass is 10.2. The van der Waals surface area contributed by atoms with Gasteiger partial charge in [0.1, 0.15) is 11.6 Å². The number of aromatic nitrogens is 2. The Hall–Kier alpha value is -1.10. The summed E-state index contributed by atoms with van der Waals surface area (Å²) in [5.41, 5.74) is 3.93. The molecule has 1 aromatic carbocycles. The van der Waals surface area contributed by atoms with E-state index in [2.05, 4.69) is 27.2 Å². The average molecular weight is 343 g/mol. The van der Waals surface area contributed by atoms with E-state index in [-0.39, 0.29) is 5.02 Å². The molecule has 0 aliphatic rings. The predicted octanol–water partition coefficient (Wildman–Crippen LogP) is 5.03. The summed E-state index contributed by atoms with van der Waals surface area (Å²) in [5, 5.41) is 4.35. The Labute approximate surface area is 136 Å². The summed E-state index contributed by atoms with van der Waals surface area (Å²) < 4.78 is 15.7. The van der Waals surface area contributed by atoms with Gasteiger partial charge < -0.3 is 4.57 Å². The van der Waals surface area contributed by atoms with E-state index in [1.54, 1.807) is 17.4 Å². The number of alkyl halides is 1. The zero-order valence-electron chi connectivity index (χ0n) is 11.4. The standard InChI is InChI=1S/C15H13Cl2FN2S/c1-9-7-21-8-10(9)6-20-14-4-11(17)12(18)5-13(14)19-15(20)2-3-16/h4-5,7-8H,2-3,6H2,1H3. The second kappa shape index (κ2) is 5.95. The normalized spacial score (nSPS) is 11.4. The minimum absolute atomic E-state index is 0.114. The molecule has 2 heterocycles. The highest BCUT2D eigenvalue weighted by Gasteiger charge is 2.14. The Morgan fingerprint density at radius 3 is 2.81 bits per heavy atom. The highest BCUT2D eigenvalue weighted by atomic mass is 35.5. The fourth-order valence-electron chi connectivity index (χ4n) is 2.34. The molecule has 0 N–H and O–H groups in total. The van der Waals surface area contributed by atoms with Crippen LogP contribution in [-0.4, -0.2) is 15.4 Å². The summed E-state index contributed by atoms with van der Waals surface area (Å²) >= 11 is 13.5. The fourth-order valence-corrected chi connectivity index (χ4v) is 3.52. The van der Waals surface area contributed by atoms with E-state index in [1.807, 2.05) is 0 Å². The van der Waals surface area contributed by atoms with Crippen LogP contribution in [0.3, 0.4) is 0 Å². The third-order valence-electron chi connectivity index (χ3n) is 3.48. The molecule has 0 radical (unpaired) electrons. The molecule has 0 aliphatic carbocycles. The lowest BCUT2D eigenvalue weighted by molar-refractivity contribution is 0.629. The van der Waals surface area contributed by atoms with Crippen LogP contribution in [0.25, 0.3) is 11.0 Å². The summed E-state index contributed by atoms with van der Waals surface area (Å²) in [6, 6.07) is 3.02. The number of nitrogens with zero attached hydrogens (tertiary/aromatic N) is 2. The van der Waals surface area contributed by atoms with Crippen molar-refractivity contribution in [3.63, 3.8) is 0 Å². The minimum atomic E-state index is -0.446. The topological polar surface area (TPSA) is 17.8 Å². The van der Waals surface area contributed by atoms with E-state index < -0.39 is 5.82 Å². The number of benzene rings is 1. The van der Waals surface area contributed by atoms with E-state index in [0.29, 0.717) is 24.4 Å². The Balaban J connectivity index is 2.15. The second-order valence-electron chi connectivity index (χ2n) is 4.89. The summed E-state index contributed by atoms with van der Waals surface area (Å²) in [4.78, 5) is 4.50. The number of fused-ring (bicyclic) bond motifs is 1. The number of hydrogen-bond donors (Lipinski definition) is 0. The van der Waals surface area contributed by atoms with E-state index in [0.717, 1.165) is 11.3 Å². The van der Waals surface area contributed by atoms with E-state index >= 15 is 0 Å². The molecule has 21 heavy (non-hydrogen) atoms. The smallest absolute Gasteiger partial charge is 0.144 e. The number of imidazole rings is 1. The van der Waals surface area contributed by atoms with Crippen LogP contribution in [0, 0.1) is 12.7 Å². The van der Waals surface area contributed by atoms with Crippen molar-refractivity contribution >= 4 is 45.6 Å². The molecule has 2 aromatic heterocycles. The van der Waals surface area contributed by atoms with Crippen LogP contribution in [-0.2, 0) is 13.0 Å². The van der Waals surface area contributed by atoms with Gasteiger partial charge in [0, 0.05) is 18.4 Å². The molecule has 0 atom stereocenters. The van der Waals surface area contributed by atoms with Crippen molar-refractivity contribution in [3.8, 4) is 0 Å². The monoisotopic (exact) mass is 342 g/mol.